The molecule has 0 spiro atoms. The Kier molecular flexibility index (Phi) is 6.32. The summed E-state index contributed by atoms with van der Waals surface area (Å²) < 4.78 is 5.30. The van der Waals surface area contributed by atoms with Crippen molar-refractivity contribution in [1.82, 2.24) is 4.90 Å². The zero-order valence-electron chi connectivity index (χ0n) is 12.9. The summed E-state index contributed by atoms with van der Waals surface area (Å²) in [6.45, 7) is 7.62. The van der Waals surface area contributed by atoms with Gasteiger partial charge in [0.05, 0.1) is 7.11 Å². The van der Waals surface area contributed by atoms with Gasteiger partial charge in [0.15, 0.2) is 0 Å². The lowest BCUT2D eigenvalue weighted by atomic mass is 9.98. The molecule has 1 rings (SSSR count). The molecule has 1 aromatic carbocycles. The number of likely N-dealkylation sites (N-methyl/N-ethyl adjacent to an activating group) is 1. The first-order valence-corrected chi connectivity index (χ1v) is 7.05. The summed E-state index contributed by atoms with van der Waals surface area (Å²) in [5.41, 5.74) is 7.41. The van der Waals surface area contributed by atoms with Gasteiger partial charge in [-0.3, -0.25) is 4.90 Å². The van der Waals surface area contributed by atoms with Gasteiger partial charge < -0.3 is 10.5 Å². The van der Waals surface area contributed by atoms with Crippen molar-refractivity contribution >= 4 is 0 Å². The van der Waals surface area contributed by atoms with Crippen molar-refractivity contribution in [2.75, 3.05) is 20.7 Å². The van der Waals surface area contributed by atoms with Gasteiger partial charge in [-0.1, -0.05) is 26.0 Å². The normalized spacial score (nSPS) is 14.7. The van der Waals surface area contributed by atoms with Crippen LogP contribution in [0.15, 0.2) is 24.3 Å². The molecule has 2 atom stereocenters. The second kappa shape index (κ2) is 7.51. The molecule has 0 aromatic heterocycles. The summed E-state index contributed by atoms with van der Waals surface area (Å²) in [6, 6.07) is 8.52. The standard InChI is InChI=1S/C16H28N2O/c1-12(2)9-10-18(4)16(13(3)17)14-7-6-8-15(11-14)19-5/h6-8,11-13,16H,9-10,17H2,1-5H3. The molecule has 0 radical (unpaired) electrons. The molecular formula is C16H28N2O. The third-order valence-corrected chi connectivity index (χ3v) is 3.47. The Morgan fingerprint density at radius 2 is 1.95 bits per heavy atom. The van der Waals surface area contributed by atoms with Gasteiger partial charge in [-0.2, -0.15) is 0 Å². The van der Waals surface area contributed by atoms with Crippen molar-refractivity contribution in [2.24, 2.45) is 11.7 Å². The van der Waals surface area contributed by atoms with Crippen LogP contribution in [0.25, 0.3) is 0 Å². The summed E-state index contributed by atoms with van der Waals surface area (Å²) in [4.78, 5) is 2.35. The predicted molar refractivity (Wildman–Crippen MR) is 81.5 cm³/mol. The van der Waals surface area contributed by atoms with E-state index in [1.54, 1.807) is 7.11 Å². The highest BCUT2D eigenvalue weighted by Crippen LogP contribution is 2.26. The van der Waals surface area contributed by atoms with Gasteiger partial charge in [0.2, 0.25) is 0 Å². The van der Waals surface area contributed by atoms with Crippen LogP contribution in [-0.4, -0.2) is 31.6 Å². The maximum Gasteiger partial charge on any atom is 0.119 e. The summed E-state index contributed by atoms with van der Waals surface area (Å²) in [5.74, 6) is 1.60. The molecule has 0 aliphatic carbocycles. The van der Waals surface area contributed by atoms with Crippen LogP contribution in [-0.2, 0) is 0 Å². The second-order valence-corrected chi connectivity index (χ2v) is 5.74. The summed E-state index contributed by atoms with van der Waals surface area (Å²) in [6.07, 6.45) is 1.18. The molecule has 0 amide bonds. The van der Waals surface area contributed by atoms with Crippen LogP contribution >= 0.6 is 0 Å². The Morgan fingerprint density at radius 3 is 2.47 bits per heavy atom. The molecule has 0 aliphatic heterocycles. The van der Waals surface area contributed by atoms with Gasteiger partial charge in [0.25, 0.3) is 0 Å². The molecule has 19 heavy (non-hydrogen) atoms. The van der Waals surface area contributed by atoms with Crippen molar-refractivity contribution in [3.8, 4) is 5.75 Å². The molecule has 108 valence electrons. The molecule has 0 aliphatic rings. The lowest BCUT2D eigenvalue weighted by Crippen LogP contribution is -2.38. The average Bonchev–Trinajstić information content (AvgIpc) is 2.36. The molecule has 0 saturated carbocycles. The third-order valence-electron chi connectivity index (χ3n) is 3.47. The Morgan fingerprint density at radius 1 is 1.26 bits per heavy atom. The van der Waals surface area contributed by atoms with E-state index in [2.05, 4.69) is 44.9 Å². The van der Waals surface area contributed by atoms with E-state index in [0.717, 1.165) is 12.3 Å². The van der Waals surface area contributed by atoms with Gasteiger partial charge in [0.1, 0.15) is 5.75 Å². The van der Waals surface area contributed by atoms with Gasteiger partial charge in [-0.05, 0) is 50.6 Å². The third kappa shape index (κ3) is 4.84. The maximum absolute atomic E-state index is 6.19. The van der Waals surface area contributed by atoms with Crippen molar-refractivity contribution in [3.63, 3.8) is 0 Å². The van der Waals surface area contributed by atoms with E-state index in [1.165, 1.54) is 12.0 Å². The second-order valence-electron chi connectivity index (χ2n) is 5.74. The first-order chi connectivity index (χ1) is 8.95. The van der Waals surface area contributed by atoms with Gasteiger partial charge in [-0.25, -0.2) is 0 Å². The van der Waals surface area contributed by atoms with Crippen molar-refractivity contribution in [1.29, 1.82) is 0 Å². The SMILES string of the molecule is COc1cccc(C(C(C)N)N(C)CCC(C)C)c1. The van der Waals surface area contributed by atoms with Crippen LogP contribution in [0.1, 0.15) is 38.8 Å². The Balaban J connectivity index is 2.86. The Bertz CT molecular complexity index is 377. The molecule has 0 bridgehead atoms. The van der Waals surface area contributed by atoms with E-state index in [1.807, 2.05) is 12.1 Å². The molecule has 3 nitrogen and oxygen atoms in total. The fourth-order valence-corrected chi connectivity index (χ4v) is 2.39. The zero-order chi connectivity index (χ0) is 14.4. The molecular weight excluding hydrogens is 236 g/mol. The number of nitrogens with two attached hydrogens (primary N) is 1. The van der Waals surface area contributed by atoms with E-state index >= 15 is 0 Å². The lowest BCUT2D eigenvalue weighted by Gasteiger charge is -2.32. The fraction of sp³-hybridized carbons (Fsp3) is 0.625. The van der Waals surface area contributed by atoms with Crippen LogP contribution in [0.3, 0.4) is 0 Å². The quantitative estimate of drug-likeness (QED) is 0.822. The minimum Gasteiger partial charge on any atom is -0.497 e. The zero-order valence-corrected chi connectivity index (χ0v) is 12.9. The highest BCUT2D eigenvalue weighted by atomic mass is 16.5. The molecule has 0 saturated heterocycles. The topological polar surface area (TPSA) is 38.5 Å². The molecule has 2 unspecified atom stereocenters. The van der Waals surface area contributed by atoms with Crippen molar-refractivity contribution < 1.29 is 4.74 Å². The fourth-order valence-electron chi connectivity index (χ4n) is 2.39. The number of ether oxygens (including phenoxy) is 1. The summed E-state index contributed by atoms with van der Waals surface area (Å²) in [5, 5.41) is 0. The van der Waals surface area contributed by atoms with E-state index in [4.69, 9.17) is 10.5 Å². The number of benzene rings is 1. The molecule has 0 heterocycles. The van der Waals surface area contributed by atoms with Gasteiger partial charge >= 0.3 is 0 Å². The smallest absolute Gasteiger partial charge is 0.119 e. The molecule has 1 aromatic rings. The van der Waals surface area contributed by atoms with Crippen LogP contribution < -0.4 is 10.5 Å². The largest absolute Gasteiger partial charge is 0.497 e. The average molecular weight is 264 g/mol. The molecule has 2 N–H and O–H groups in total. The van der Waals surface area contributed by atoms with E-state index in [0.29, 0.717) is 5.92 Å². The van der Waals surface area contributed by atoms with Crippen LogP contribution in [0.4, 0.5) is 0 Å². The van der Waals surface area contributed by atoms with Gasteiger partial charge in [0, 0.05) is 12.1 Å². The highest BCUT2D eigenvalue weighted by molar-refractivity contribution is 5.31. The highest BCUT2D eigenvalue weighted by Gasteiger charge is 2.21. The van der Waals surface area contributed by atoms with E-state index in [9.17, 15) is 0 Å². The summed E-state index contributed by atoms with van der Waals surface area (Å²) >= 11 is 0. The van der Waals surface area contributed by atoms with Gasteiger partial charge in [-0.15, -0.1) is 0 Å². The molecule has 0 fully saturated rings. The predicted octanol–water partition coefficient (Wildman–Crippen LogP) is 3.06. The Hall–Kier alpha value is -1.06. The molecule has 3 heteroatoms. The lowest BCUT2D eigenvalue weighted by molar-refractivity contribution is 0.207. The maximum atomic E-state index is 6.19. The number of nitrogens with zero attached hydrogens (tertiary/aromatic N) is 1. The van der Waals surface area contributed by atoms with E-state index in [-0.39, 0.29) is 12.1 Å². The summed E-state index contributed by atoms with van der Waals surface area (Å²) in [7, 11) is 3.85. The van der Waals surface area contributed by atoms with E-state index < -0.39 is 0 Å². The minimum absolute atomic E-state index is 0.0873. The monoisotopic (exact) mass is 264 g/mol. The minimum atomic E-state index is 0.0873. The van der Waals surface area contributed by atoms with Crippen LogP contribution in [0.2, 0.25) is 0 Å². The van der Waals surface area contributed by atoms with Crippen LogP contribution in [0, 0.1) is 5.92 Å². The first kappa shape index (κ1) is 16.0. The van der Waals surface area contributed by atoms with Crippen molar-refractivity contribution in [2.45, 2.75) is 39.3 Å². The van der Waals surface area contributed by atoms with Crippen molar-refractivity contribution in [3.05, 3.63) is 29.8 Å². The number of rotatable bonds is 7. The number of hydrogen-bond donors (Lipinski definition) is 1. The number of methoxy groups -OCH3 is 1. The van der Waals surface area contributed by atoms with Crippen LogP contribution in [0.5, 0.6) is 5.75 Å². The first-order valence-electron chi connectivity index (χ1n) is 7.05. The Labute approximate surface area is 117 Å². The number of hydrogen-bond acceptors (Lipinski definition) is 3.